The molecule has 0 saturated carbocycles. The van der Waals surface area contributed by atoms with Gasteiger partial charge >= 0.3 is 6.18 Å². The van der Waals surface area contributed by atoms with Gasteiger partial charge in [-0.05, 0) is 29.8 Å². The van der Waals surface area contributed by atoms with Gasteiger partial charge in [0.05, 0.1) is 12.1 Å². The van der Waals surface area contributed by atoms with Crippen LogP contribution in [0, 0.1) is 0 Å². The monoisotopic (exact) mass is 418 g/mol. The topological polar surface area (TPSA) is 54.5 Å². The number of carbonyl (C=O) groups is 1. The maximum absolute atomic E-state index is 12.9. The molecular formula is C21H21F3N4O2. The van der Waals surface area contributed by atoms with Crippen molar-refractivity contribution in [2.24, 2.45) is 0 Å². The number of carbonyl (C=O) groups excluding carboxylic acids is 1. The van der Waals surface area contributed by atoms with Crippen molar-refractivity contribution in [3.05, 3.63) is 77.5 Å². The lowest BCUT2D eigenvalue weighted by Crippen LogP contribution is -2.48. The molecule has 1 saturated heterocycles. The summed E-state index contributed by atoms with van der Waals surface area (Å²) in [5.41, 5.74) is -0.0311. The summed E-state index contributed by atoms with van der Waals surface area (Å²) in [6.07, 6.45) is -0.859. The van der Waals surface area contributed by atoms with Gasteiger partial charge < -0.3 is 9.32 Å². The summed E-state index contributed by atoms with van der Waals surface area (Å²) in [6.45, 7) is 3.03. The third kappa shape index (κ3) is 4.73. The van der Waals surface area contributed by atoms with Crippen LogP contribution in [-0.2, 0) is 19.3 Å². The average Bonchev–Trinajstić information content (AvgIpc) is 3.40. The van der Waals surface area contributed by atoms with E-state index in [4.69, 9.17) is 4.42 Å². The lowest BCUT2D eigenvalue weighted by molar-refractivity contribution is -0.137. The van der Waals surface area contributed by atoms with Crippen molar-refractivity contribution in [1.82, 2.24) is 19.6 Å². The van der Waals surface area contributed by atoms with Crippen LogP contribution in [0.4, 0.5) is 13.2 Å². The molecule has 1 aromatic carbocycles. The Morgan fingerprint density at radius 2 is 1.83 bits per heavy atom. The fraction of sp³-hybridized carbons (Fsp3) is 0.333. The Kier molecular flexibility index (Phi) is 5.63. The number of nitrogens with zero attached hydrogens (tertiary/aromatic N) is 4. The molecule has 1 aliphatic heterocycles. The van der Waals surface area contributed by atoms with Gasteiger partial charge in [0.2, 0.25) is 0 Å². The first-order chi connectivity index (χ1) is 14.4. The van der Waals surface area contributed by atoms with Crippen LogP contribution in [0.3, 0.4) is 0 Å². The van der Waals surface area contributed by atoms with E-state index < -0.39 is 11.7 Å². The van der Waals surface area contributed by atoms with Crippen molar-refractivity contribution in [1.29, 1.82) is 0 Å². The number of benzene rings is 1. The molecule has 3 heterocycles. The summed E-state index contributed by atoms with van der Waals surface area (Å²) in [5.74, 6) is 0.745. The van der Waals surface area contributed by atoms with Crippen LogP contribution in [0.2, 0.25) is 0 Å². The van der Waals surface area contributed by atoms with Crippen LogP contribution in [0.15, 0.2) is 59.3 Å². The number of hydrogen-bond acceptors (Lipinski definition) is 4. The Morgan fingerprint density at radius 1 is 1.03 bits per heavy atom. The highest BCUT2D eigenvalue weighted by Gasteiger charge is 2.30. The average molecular weight is 418 g/mol. The number of aromatic nitrogens is 2. The molecule has 4 rings (SSSR count). The Balaban J connectivity index is 1.31. The summed E-state index contributed by atoms with van der Waals surface area (Å²) in [5, 5.41) is 4.11. The Bertz CT molecular complexity index is 990. The number of alkyl halides is 3. The zero-order valence-corrected chi connectivity index (χ0v) is 16.2. The first-order valence-electron chi connectivity index (χ1n) is 9.62. The Hall–Kier alpha value is -3.07. The van der Waals surface area contributed by atoms with E-state index in [-0.39, 0.29) is 11.7 Å². The minimum absolute atomic E-state index is 0.180. The van der Waals surface area contributed by atoms with E-state index in [2.05, 4.69) is 5.10 Å². The molecule has 158 valence electrons. The van der Waals surface area contributed by atoms with E-state index in [0.29, 0.717) is 50.6 Å². The minimum Gasteiger partial charge on any atom is -0.454 e. The summed E-state index contributed by atoms with van der Waals surface area (Å²) in [4.78, 5) is 16.5. The van der Waals surface area contributed by atoms with E-state index in [0.717, 1.165) is 6.07 Å². The standard InChI is InChI=1S/C21H21F3N4O2/c22-21(23,24)17-4-1-3-16(13-17)14-26-9-11-27(12-10-26)20(29)19-6-5-18(30-19)15-28-8-2-7-25-28/h1-8,13H,9-12,14-15H2. The Morgan fingerprint density at radius 3 is 2.53 bits per heavy atom. The third-order valence-corrected chi connectivity index (χ3v) is 5.07. The maximum atomic E-state index is 12.9. The largest absolute Gasteiger partial charge is 0.454 e. The van der Waals surface area contributed by atoms with Crippen LogP contribution in [0.5, 0.6) is 0 Å². The first-order valence-corrected chi connectivity index (χ1v) is 9.62. The summed E-state index contributed by atoms with van der Waals surface area (Å²) in [7, 11) is 0. The highest BCUT2D eigenvalue weighted by molar-refractivity contribution is 5.91. The second-order valence-electron chi connectivity index (χ2n) is 7.24. The minimum atomic E-state index is -4.35. The molecule has 9 heteroatoms. The predicted molar refractivity (Wildman–Crippen MR) is 103 cm³/mol. The molecule has 2 aromatic heterocycles. The fourth-order valence-electron chi connectivity index (χ4n) is 3.50. The van der Waals surface area contributed by atoms with Crippen molar-refractivity contribution >= 4 is 5.91 Å². The predicted octanol–water partition coefficient (Wildman–Crippen LogP) is 3.50. The zero-order valence-electron chi connectivity index (χ0n) is 16.2. The van der Waals surface area contributed by atoms with Gasteiger partial charge in [-0.25, -0.2) is 0 Å². The highest BCUT2D eigenvalue weighted by Crippen LogP contribution is 2.29. The lowest BCUT2D eigenvalue weighted by Gasteiger charge is -2.34. The summed E-state index contributed by atoms with van der Waals surface area (Å²) >= 11 is 0. The zero-order chi connectivity index (χ0) is 21.1. The molecule has 1 aliphatic rings. The quantitative estimate of drug-likeness (QED) is 0.637. The maximum Gasteiger partial charge on any atom is 0.416 e. The summed E-state index contributed by atoms with van der Waals surface area (Å²) < 4.78 is 46.0. The number of piperazine rings is 1. The molecule has 0 bridgehead atoms. The van der Waals surface area contributed by atoms with Crippen molar-refractivity contribution < 1.29 is 22.4 Å². The molecular weight excluding hydrogens is 397 g/mol. The molecule has 0 spiro atoms. The van der Waals surface area contributed by atoms with Crippen LogP contribution >= 0.6 is 0 Å². The van der Waals surface area contributed by atoms with Gasteiger partial charge in [0.25, 0.3) is 5.91 Å². The van der Waals surface area contributed by atoms with Gasteiger partial charge in [-0.3, -0.25) is 14.4 Å². The molecule has 1 amide bonds. The third-order valence-electron chi connectivity index (χ3n) is 5.07. The van der Waals surface area contributed by atoms with E-state index >= 15 is 0 Å². The molecule has 1 fully saturated rings. The van der Waals surface area contributed by atoms with Crippen molar-refractivity contribution in [3.63, 3.8) is 0 Å². The lowest BCUT2D eigenvalue weighted by atomic mass is 10.1. The van der Waals surface area contributed by atoms with Crippen LogP contribution in [-0.4, -0.2) is 51.7 Å². The van der Waals surface area contributed by atoms with E-state index in [1.165, 1.54) is 12.1 Å². The molecule has 30 heavy (non-hydrogen) atoms. The van der Waals surface area contributed by atoms with Gasteiger partial charge in [-0.15, -0.1) is 0 Å². The van der Waals surface area contributed by atoms with Gasteiger partial charge in [-0.2, -0.15) is 18.3 Å². The second kappa shape index (κ2) is 8.35. The summed E-state index contributed by atoms with van der Waals surface area (Å²) in [6, 6.07) is 10.6. The fourth-order valence-corrected chi connectivity index (χ4v) is 3.50. The first kappa shape index (κ1) is 20.2. The second-order valence-corrected chi connectivity index (χ2v) is 7.24. The van der Waals surface area contributed by atoms with Crippen LogP contribution in [0.1, 0.15) is 27.4 Å². The molecule has 3 aromatic rings. The number of furan rings is 1. The number of rotatable bonds is 5. The number of halogens is 3. The molecule has 6 nitrogen and oxygen atoms in total. The van der Waals surface area contributed by atoms with Gasteiger partial charge in [0.1, 0.15) is 5.76 Å². The molecule has 0 N–H and O–H groups in total. The normalized spacial score (nSPS) is 15.5. The molecule has 0 aliphatic carbocycles. The Labute approximate surface area is 171 Å². The number of amides is 1. The molecule has 0 unspecified atom stereocenters. The van der Waals surface area contributed by atoms with Gasteiger partial charge in [0, 0.05) is 45.1 Å². The van der Waals surface area contributed by atoms with Crippen LogP contribution in [0.25, 0.3) is 0 Å². The van der Waals surface area contributed by atoms with E-state index in [1.54, 1.807) is 34.0 Å². The van der Waals surface area contributed by atoms with E-state index in [1.807, 2.05) is 17.2 Å². The van der Waals surface area contributed by atoms with Crippen molar-refractivity contribution in [3.8, 4) is 0 Å². The highest BCUT2D eigenvalue weighted by atomic mass is 19.4. The molecule has 0 radical (unpaired) electrons. The number of hydrogen-bond donors (Lipinski definition) is 0. The van der Waals surface area contributed by atoms with Gasteiger partial charge in [0.15, 0.2) is 5.76 Å². The van der Waals surface area contributed by atoms with Crippen molar-refractivity contribution in [2.45, 2.75) is 19.3 Å². The molecule has 0 atom stereocenters. The SMILES string of the molecule is O=C(c1ccc(Cn2cccn2)o1)N1CCN(Cc2cccc(C(F)(F)F)c2)CC1. The smallest absolute Gasteiger partial charge is 0.416 e. The van der Waals surface area contributed by atoms with Crippen molar-refractivity contribution in [2.75, 3.05) is 26.2 Å². The van der Waals surface area contributed by atoms with Gasteiger partial charge in [-0.1, -0.05) is 18.2 Å². The van der Waals surface area contributed by atoms with Crippen LogP contribution < -0.4 is 0 Å². The van der Waals surface area contributed by atoms with E-state index in [9.17, 15) is 18.0 Å².